The van der Waals surface area contributed by atoms with E-state index in [1.165, 1.54) is 16.9 Å². The number of aromatic nitrogens is 1. The number of anilines is 1. The molecule has 2 heterocycles. The number of carbonyl (C=O) groups is 1. The lowest BCUT2D eigenvalue weighted by Crippen LogP contribution is -2.22. The van der Waals surface area contributed by atoms with Crippen molar-refractivity contribution in [1.82, 2.24) is 10.3 Å². The third kappa shape index (κ3) is 2.73. The minimum absolute atomic E-state index is 0.144. The smallest absolute Gasteiger partial charge is 0.263 e. The molecule has 0 unspecified atom stereocenters. The van der Waals surface area contributed by atoms with Gasteiger partial charge in [0.25, 0.3) is 5.91 Å². The van der Waals surface area contributed by atoms with E-state index in [0.717, 1.165) is 15.6 Å². The van der Waals surface area contributed by atoms with Crippen LogP contribution in [-0.2, 0) is 6.54 Å². The van der Waals surface area contributed by atoms with Crippen LogP contribution in [0.4, 0.5) is 5.69 Å². The quantitative estimate of drug-likeness (QED) is 0.780. The molecule has 2 aromatic heterocycles. The molecule has 0 atom stereocenters. The van der Waals surface area contributed by atoms with Crippen molar-refractivity contribution >= 4 is 33.0 Å². The Hall–Kier alpha value is -2.40. The first-order valence-corrected chi connectivity index (χ1v) is 7.42. The standard InChI is InChI=1S/C16H15N3OS/c1-10-2-4-11(5-3-10)8-19-16(20)15-14(17)12-6-7-18-9-13(12)21-15/h2-7,9H,8,17H2,1H3,(H,19,20). The number of nitrogen functional groups attached to an aromatic ring is 1. The minimum atomic E-state index is -0.144. The van der Waals surface area contributed by atoms with Gasteiger partial charge in [-0.05, 0) is 18.6 Å². The predicted molar refractivity (Wildman–Crippen MR) is 86.4 cm³/mol. The number of pyridine rings is 1. The van der Waals surface area contributed by atoms with Crippen LogP contribution in [0.5, 0.6) is 0 Å². The van der Waals surface area contributed by atoms with Crippen LogP contribution in [0.15, 0.2) is 42.7 Å². The number of carbonyl (C=O) groups excluding carboxylic acids is 1. The zero-order chi connectivity index (χ0) is 14.8. The van der Waals surface area contributed by atoms with Gasteiger partial charge in [-0.3, -0.25) is 9.78 Å². The Morgan fingerprint density at radius 3 is 2.76 bits per heavy atom. The summed E-state index contributed by atoms with van der Waals surface area (Å²) in [6.45, 7) is 2.53. The lowest BCUT2D eigenvalue weighted by molar-refractivity contribution is 0.0956. The van der Waals surface area contributed by atoms with Gasteiger partial charge in [-0.15, -0.1) is 11.3 Å². The predicted octanol–water partition coefficient (Wildman–Crippen LogP) is 3.12. The average Bonchev–Trinajstić information content (AvgIpc) is 2.84. The summed E-state index contributed by atoms with van der Waals surface area (Å²) < 4.78 is 0.926. The van der Waals surface area contributed by atoms with Crippen LogP contribution in [0.1, 0.15) is 20.8 Å². The maximum atomic E-state index is 12.3. The summed E-state index contributed by atoms with van der Waals surface area (Å²) in [4.78, 5) is 16.9. The molecule has 21 heavy (non-hydrogen) atoms. The highest BCUT2D eigenvalue weighted by atomic mass is 32.1. The van der Waals surface area contributed by atoms with E-state index in [0.29, 0.717) is 17.1 Å². The molecule has 0 saturated carbocycles. The first-order chi connectivity index (χ1) is 10.1. The molecule has 3 N–H and O–H groups in total. The monoisotopic (exact) mass is 297 g/mol. The molecule has 106 valence electrons. The summed E-state index contributed by atoms with van der Waals surface area (Å²) in [6, 6.07) is 9.90. The zero-order valence-corrected chi connectivity index (χ0v) is 12.4. The number of hydrogen-bond acceptors (Lipinski definition) is 4. The first kappa shape index (κ1) is 13.6. The molecular formula is C16H15N3OS. The number of fused-ring (bicyclic) bond motifs is 1. The first-order valence-electron chi connectivity index (χ1n) is 6.61. The van der Waals surface area contributed by atoms with E-state index in [-0.39, 0.29) is 5.91 Å². The Labute approximate surface area is 126 Å². The highest BCUT2D eigenvalue weighted by Gasteiger charge is 2.15. The van der Waals surface area contributed by atoms with Crippen molar-refractivity contribution in [3.63, 3.8) is 0 Å². The third-order valence-electron chi connectivity index (χ3n) is 3.31. The Morgan fingerprint density at radius 1 is 1.29 bits per heavy atom. The van der Waals surface area contributed by atoms with Gasteiger partial charge in [-0.2, -0.15) is 0 Å². The highest BCUT2D eigenvalue weighted by molar-refractivity contribution is 7.21. The molecule has 0 aliphatic rings. The molecule has 0 bridgehead atoms. The number of aryl methyl sites for hydroxylation is 1. The molecule has 1 amide bonds. The maximum absolute atomic E-state index is 12.3. The fraction of sp³-hybridized carbons (Fsp3) is 0.125. The number of rotatable bonds is 3. The lowest BCUT2D eigenvalue weighted by Gasteiger charge is -2.05. The van der Waals surface area contributed by atoms with Crippen LogP contribution in [0.3, 0.4) is 0 Å². The second-order valence-corrected chi connectivity index (χ2v) is 5.94. The van der Waals surface area contributed by atoms with Crippen molar-refractivity contribution in [2.45, 2.75) is 13.5 Å². The number of thiophene rings is 1. The molecular weight excluding hydrogens is 282 g/mol. The van der Waals surface area contributed by atoms with Gasteiger partial charge in [0.1, 0.15) is 4.88 Å². The van der Waals surface area contributed by atoms with Crippen LogP contribution < -0.4 is 11.1 Å². The van der Waals surface area contributed by atoms with E-state index >= 15 is 0 Å². The summed E-state index contributed by atoms with van der Waals surface area (Å²) in [6.07, 6.45) is 3.41. The van der Waals surface area contributed by atoms with Crippen LogP contribution in [0, 0.1) is 6.92 Å². The van der Waals surface area contributed by atoms with E-state index in [9.17, 15) is 4.79 Å². The number of hydrogen-bond donors (Lipinski definition) is 2. The van der Waals surface area contributed by atoms with Gasteiger partial charge in [0.2, 0.25) is 0 Å². The second-order valence-electron chi connectivity index (χ2n) is 4.88. The number of amides is 1. The molecule has 3 rings (SSSR count). The molecule has 0 saturated heterocycles. The van der Waals surface area contributed by atoms with Crippen LogP contribution in [-0.4, -0.2) is 10.9 Å². The molecule has 0 aliphatic heterocycles. The average molecular weight is 297 g/mol. The fourth-order valence-electron chi connectivity index (χ4n) is 2.11. The van der Waals surface area contributed by atoms with E-state index in [1.807, 2.05) is 37.3 Å². The van der Waals surface area contributed by atoms with Crippen molar-refractivity contribution in [3.05, 3.63) is 58.7 Å². The van der Waals surface area contributed by atoms with E-state index < -0.39 is 0 Å². The lowest BCUT2D eigenvalue weighted by atomic mass is 10.1. The van der Waals surface area contributed by atoms with Crippen molar-refractivity contribution in [2.24, 2.45) is 0 Å². The second kappa shape index (κ2) is 5.54. The topological polar surface area (TPSA) is 68.0 Å². The Morgan fingerprint density at radius 2 is 2.05 bits per heavy atom. The van der Waals surface area contributed by atoms with Gasteiger partial charge >= 0.3 is 0 Å². The molecule has 0 fully saturated rings. The minimum Gasteiger partial charge on any atom is -0.397 e. The van der Waals surface area contributed by atoms with Crippen molar-refractivity contribution < 1.29 is 4.79 Å². The highest BCUT2D eigenvalue weighted by Crippen LogP contribution is 2.32. The molecule has 5 heteroatoms. The summed E-state index contributed by atoms with van der Waals surface area (Å²) in [7, 11) is 0. The van der Waals surface area contributed by atoms with Crippen LogP contribution in [0.2, 0.25) is 0 Å². The summed E-state index contributed by atoms with van der Waals surface area (Å²) in [5.41, 5.74) is 8.84. The van der Waals surface area contributed by atoms with Gasteiger partial charge < -0.3 is 11.1 Å². The van der Waals surface area contributed by atoms with E-state index in [1.54, 1.807) is 12.4 Å². The molecule has 0 radical (unpaired) electrons. The number of benzene rings is 1. The van der Waals surface area contributed by atoms with Crippen molar-refractivity contribution in [3.8, 4) is 0 Å². The van der Waals surface area contributed by atoms with Gasteiger partial charge in [-0.1, -0.05) is 29.8 Å². The van der Waals surface area contributed by atoms with E-state index in [2.05, 4.69) is 10.3 Å². The normalized spacial score (nSPS) is 10.7. The van der Waals surface area contributed by atoms with Crippen molar-refractivity contribution in [2.75, 3.05) is 5.73 Å². The molecule has 4 nitrogen and oxygen atoms in total. The Balaban J connectivity index is 1.78. The number of nitrogens with one attached hydrogen (secondary N) is 1. The summed E-state index contributed by atoms with van der Waals surface area (Å²) in [5.74, 6) is -0.144. The summed E-state index contributed by atoms with van der Waals surface area (Å²) in [5, 5.41) is 3.79. The fourth-order valence-corrected chi connectivity index (χ4v) is 3.11. The third-order valence-corrected chi connectivity index (χ3v) is 4.47. The largest absolute Gasteiger partial charge is 0.397 e. The van der Waals surface area contributed by atoms with Gasteiger partial charge in [0.15, 0.2) is 0 Å². The SMILES string of the molecule is Cc1ccc(CNC(=O)c2sc3cnccc3c2N)cc1. The van der Waals surface area contributed by atoms with Gasteiger partial charge in [0, 0.05) is 24.3 Å². The van der Waals surface area contributed by atoms with Gasteiger partial charge in [-0.25, -0.2) is 0 Å². The molecule has 1 aromatic carbocycles. The van der Waals surface area contributed by atoms with Gasteiger partial charge in [0.05, 0.1) is 10.4 Å². The van der Waals surface area contributed by atoms with Crippen molar-refractivity contribution in [1.29, 1.82) is 0 Å². The number of nitrogens with zero attached hydrogens (tertiary/aromatic N) is 1. The Kier molecular flexibility index (Phi) is 3.58. The maximum Gasteiger partial charge on any atom is 0.263 e. The molecule has 3 aromatic rings. The Bertz CT molecular complexity index is 793. The molecule has 0 aliphatic carbocycles. The number of nitrogens with two attached hydrogens (primary N) is 1. The summed E-state index contributed by atoms with van der Waals surface area (Å²) >= 11 is 1.37. The van der Waals surface area contributed by atoms with Crippen LogP contribution >= 0.6 is 11.3 Å². The molecule has 0 spiro atoms. The zero-order valence-electron chi connectivity index (χ0n) is 11.6. The van der Waals surface area contributed by atoms with E-state index in [4.69, 9.17) is 5.73 Å². The van der Waals surface area contributed by atoms with Crippen LogP contribution in [0.25, 0.3) is 10.1 Å².